The lowest BCUT2D eigenvalue weighted by Gasteiger charge is -2.19. The second-order valence-corrected chi connectivity index (χ2v) is 8.91. The lowest BCUT2D eigenvalue weighted by molar-refractivity contribution is 0.0493. The minimum atomic E-state index is -0.527. The van der Waals surface area contributed by atoms with E-state index in [1.54, 1.807) is 6.07 Å². The molecule has 0 saturated heterocycles. The van der Waals surface area contributed by atoms with Gasteiger partial charge >= 0.3 is 5.97 Å². The molecule has 0 atom stereocenters. The molecule has 34 heavy (non-hydrogen) atoms. The van der Waals surface area contributed by atoms with E-state index >= 15 is 0 Å². The monoisotopic (exact) mass is 519 g/mol. The number of fused-ring (bicyclic) bond motifs is 2. The molecule has 0 radical (unpaired) electrons. The zero-order valence-corrected chi connectivity index (χ0v) is 20.1. The summed E-state index contributed by atoms with van der Waals surface area (Å²) in [5.74, 6) is 0.751. The Bertz CT molecular complexity index is 1450. The molecule has 0 saturated carbocycles. The van der Waals surface area contributed by atoms with Crippen LogP contribution in [0, 0.1) is 0 Å². The molecule has 4 aromatic rings. The molecule has 0 bridgehead atoms. The Balaban J connectivity index is 1.79. The molecule has 5 rings (SSSR count). The van der Waals surface area contributed by atoms with E-state index in [0.717, 1.165) is 15.6 Å². The smallest absolute Gasteiger partial charge is 0.355 e. The fourth-order valence-corrected chi connectivity index (χ4v) is 4.53. The molecular formula is C27H22BrNO5. The molecule has 1 aliphatic rings. The van der Waals surface area contributed by atoms with Gasteiger partial charge in [0.15, 0.2) is 11.5 Å². The number of aromatic nitrogens is 1. The van der Waals surface area contributed by atoms with E-state index in [1.165, 1.54) is 4.57 Å². The first-order valence-electron chi connectivity index (χ1n) is 11.0. The molecular weight excluding hydrogens is 498 g/mol. The highest BCUT2D eigenvalue weighted by Gasteiger charge is 2.25. The third kappa shape index (κ3) is 4.07. The molecule has 172 valence electrons. The van der Waals surface area contributed by atoms with Crippen LogP contribution in [0.1, 0.15) is 29.4 Å². The van der Waals surface area contributed by atoms with Crippen LogP contribution in [0.4, 0.5) is 0 Å². The average Bonchev–Trinajstić information content (AvgIpc) is 3.32. The molecule has 0 N–H and O–H groups in total. The Hall–Kier alpha value is -3.58. The van der Waals surface area contributed by atoms with Crippen molar-refractivity contribution in [3.8, 4) is 22.6 Å². The second kappa shape index (κ2) is 9.35. The van der Waals surface area contributed by atoms with Gasteiger partial charge in [-0.25, -0.2) is 4.79 Å². The van der Waals surface area contributed by atoms with Crippen molar-refractivity contribution in [1.82, 2.24) is 4.57 Å². The van der Waals surface area contributed by atoms with E-state index < -0.39 is 5.97 Å². The van der Waals surface area contributed by atoms with Gasteiger partial charge in [-0.2, -0.15) is 0 Å². The van der Waals surface area contributed by atoms with Crippen molar-refractivity contribution >= 4 is 32.7 Å². The normalized spacial score (nSPS) is 12.2. The fraction of sp³-hybridized carbons (Fsp3) is 0.185. The van der Waals surface area contributed by atoms with E-state index in [1.807, 2.05) is 67.6 Å². The number of rotatable bonds is 6. The molecule has 2 heterocycles. The van der Waals surface area contributed by atoms with Crippen molar-refractivity contribution in [1.29, 1.82) is 0 Å². The standard InChI is InChI=1S/C27H22BrNO5/c1-2-12-32-27(31)25-24(18-6-4-3-5-7-18)21-14-19(28)9-10-20(21)26(30)29(25)15-17-8-11-22-23(13-17)34-16-33-22/h3-11,13-14H,2,12,15-16H2,1H3. The maximum atomic E-state index is 13.7. The van der Waals surface area contributed by atoms with Crippen LogP contribution in [0.2, 0.25) is 0 Å². The van der Waals surface area contributed by atoms with Crippen LogP contribution in [0.25, 0.3) is 21.9 Å². The van der Waals surface area contributed by atoms with Crippen LogP contribution in [-0.4, -0.2) is 23.9 Å². The van der Waals surface area contributed by atoms with Crippen LogP contribution in [0.3, 0.4) is 0 Å². The van der Waals surface area contributed by atoms with Crippen molar-refractivity contribution in [2.45, 2.75) is 19.9 Å². The lowest BCUT2D eigenvalue weighted by Crippen LogP contribution is -2.29. The highest BCUT2D eigenvalue weighted by molar-refractivity contribution is 9.10. The number of hydrogen-bond donors (Lipinski definition) is 0. The topological polar surface area (TPSA) is 66.8 Å². The summed E-state index contributed by atoms with van der Waals surface area (Å²) in [5.41, 5.74) is 2.27. The number of nitrogens with zero attached hydrogens (tertiary/aromatic N) is 1. The number of carbonyl (C=O) groups excluding carboxylic acids is 1. The third-order valence-corrected chi connectivity index (χ3v) is 6.20. The number of carbonyl (C=O) groups is 1. The van der Waals surface area contributed by atoms with Gasteiger partial charge in [0.2, 0.25) is 6.79 Å². The van der Waals surface area contributed by atoms with Crippen LogP contribution in [0.15, 0.2) is 76.0 Å². The number of pyridine rings is 1. The molecule has 0 amide bonds. The Morgan fingerprint density at radius 3 is 2.59 bits per heavy atom. The Kier molecular flexibility index (Phi) is 6.11. The van der Waals surface area contributed by atoms with Gasteiger partial charge in [-0.15, -0.1) is 0 Å². The maximum absolute atomic E-state index is 13.7. The van der Waals surface area contributed by atoms with Gasteiger partial charge in [-0.1, -0.05) is 59.3 Å². The summed E-state index contributed by atoms with van der Waals surface area (Å²) in [5, 5.41) is 1.21. The van der Waals surface area contributed by atoms with E-state index in [0.29, 0.717) is 34.3 Å². The van der Waals surface area contributed by atoms with Gasteiger partial charge in [0, 0.05) is 15.4 Å². The second-order valence-electron chi connectivity index (χ2n) is 7.99. The van der Waals surface area contributed by atoms with Crippen LogP contribution >= 0.6 is 15.9 Å². The molecule has 0 aliphatic carbocycles. The Morgan fingerprint density at radius 1 is 1.00 bits per heavy atom. The zero-order valence-electron chi connectivity index (χ0n) is 18.5. The van der Waals surface area contributed by atoms with Gasteiger partial charge in [0.25, 0.3) is 5.56 Å². The van der Waals surface area contributed by atoms with Crippen LogP contribution in [0.5, 0.6) is 11.5 Å². The van der Waals surface area contributed by atoms with Gasteiger partial charge in [-0.05, 0) is 53.3 Å². The first-order chi connectivity index (χ1) is 16.6. The molecule has 3 aromatic carbocycles. The van der Waals surface area contributed by atoms with E-state index in [2.05, 4.69) is 15.9 Å². The summed E-state index contributed by atoms with van der Waals surface area (Å²) < 4.78 is 18.8. The number of esters is 1. The number of ether oxygens (including phenoxy) is 3. The first kappa shape index (κ1) is 22.2. The van der Waals surface area contributed by atoms with Crippen molar-refractivity contribution in [2.75, 3.05) is 13.4 Å². The molecule has 0 fully saturated rings. The van der Waals surface area contributed by atoms with E-state index in [-0.39, 0.29) is 31.2 Å². The molecule has 0 spiro atoms. The lowest BCUT2D eigenvalue weighted by atomic mass is 9.96. The summed E-state index contributed by atoms with van der Waals surface area (Å²) in [7, 11) is 0. The number of benzene rings is 3. The zero-order chi connectivity index (χ0) is 23.7. The fourth-order valence-electron chi connectivity index (χ4n) is 4.16. The summed E-state index contributed by atoms with van der Waals surface area (Å²) in [4.78, 5) is 27.2. The molecule has 7 heteroatoms. The summed E-state index contributed by atoms with van der Waals surface area (Å²) in [6.45, 7) is 2.54. The van der Waals surface area contributed by atoms with Gasteiger partial charge in [0.05, 0.1) is 13.2 Å². The van der Waals surface area contributed by atoms with Gasteiger partial charge in [-0.3, -0.25) is 9.36 Å². The predicted molar refractivity (Wildman–Crippen MR) is 134 cm³/mol. The maximum Gasteiger partial charge on any atom is 0.355 e. The summed E-state index contributed by atoms with van der Waals surface area (Å²) in [6, 6.07) is 20.6. The number of hydrogen-bond acceptors (Lipinski definition) is 5. The Morgan fingerprint density at radius 2 is 1.79 bits per heavy atom. The van der Waals surface area contributed by atoms with E-state index in [9.17, 15) is 9.59 Å². The van der Waals surface area contributed by atoms with Crippen molar-refractivity contribution in [2.24, 2.45) is 0 Å². The minimum absolute atomic E-state index is 0.163. The molecule has 6 nitrogen and oxygen atoms in total. The molecule has 1 aliphatic heterocycles. The quantitative estimate of drug-likeness (QED) is 0.302. The molecule has 0 unspecified atom stereocenters. The minimum Gasteiger partial charge on any atom is -0.461 e. The largest absolute Gasteiger partial charge is 0.461 e. The highest BCUT2D eigenvalue weighted by atomic mass is 79.9. The van der Waals surface area contributed by atoms with Crippen LogP contribution < -0.4 is 15.0 Å². The first-order valence-corrected chi connectivity index (χ1v) is 11.8. The summed E-state index contributed by atoms with van der Waals surface area (Å²) in [6.07, 6.45) is 0.679. The Labute approximate surface area is 204 Å². The van der Waals surface area contributed by atoms with Crippen molar-refractivity contribution in [3.63, 3.8) is 0 Å². The third-order valence-electron chi connectivity index (χ3n) is 5.70. The van der Waals surface area contributed by atoms with Crippen molar-refractivity contribution < 1.29 is 19.0 Å². The predicted octanol–water partition coefficient (Wildman–Crippen LogP) is 5.77. The number of halogens is 1. The van der Waals surface area contributed by atoms with Gasteiger partial charge in [0.1, 0.15) is 5.69 Å². The van der Waals surface area contributed by atoms with Crippen molar-refractivity contribution in [3.05, 3.63) is 92.8 Å². The van der Waals surface area contributed by atoms with Crippen LogP contribution in [-0.2, 0) is 11.3 Å². The summed E-state index contributed by atoms with van der Waals surface area (Å²) >= 11 is 3.52. The molecule has 1 aromatic heterocycles. The SMILES string of the molecule is CCCOC(=O)c1c(-c2ccccc2)c2cc(Br)ccc2c(=O)n1Cc1ccc2c(c1)OCO2. The average molecular weight is 520 g/mol. The van der Waals surface area contributed by atoms with Gasteiger partial charge < -0.3 is 14.2 Å². The highest BCUT2D eigenvalue weighted by Crippen LogP contribution is 2.35. The van der Waals surface area contributed by atoms with E-state index in [4.69, 9.17) is 14.2 Å².